The van der Waals surface area contributed by atoms with Crippen molar-refractivity contribution in [2.24, 2.45) is 0 Å². The molecule has 0 bridgehead atoms. The fraction of sp³-hybridized carbons (Fsp3) is 0.143. The lowest BCUT2D eigenvalue weighted by atomic mass is 10.2. The SMILES string of the molecule is O=[N+]([O-])c1ccccc1C(Cl)(Br)Br. The lowest BCUT2D eigenvalue weighted by Crippen LogP contribution is -2.03. The zero-order chi connectivity index (χ0) is 10.1. The monoisotopic (exact) mass is 327 g/mol. The fourth-order valence-corrected chi connectivity index (χ4v) is 1.70. The van der Waals surface area contributed by atoms with Gasteiger partial charge in [-0.2, -0.15) is 0 Å². The summed E-state index contributed by atoms with van der Waals surface area (Å²) in [6, 6.07) is 6.25. The molecule has 70 valence electrons. The first-order valence-corrected chi connectivity index (χ1v) is 5.20. The second kappa shape index (κ2) is 3.94. The zero-order valence-corrected chi connectivity index (χ0v) is 10.1. The molecule has 0 atom stereocenters. The Kier molecular flexibility index (Phi) is 3.32. The quantitative estimate of drug-likeness (QED) is 0.471. The molecule has 0 heterocycles. The van der Waals surface area contributed by atoms with E-state index in [1.165, 1.54) is 6.07 Å². The predicted octanol–water partition coefficient (Wildman–Crippen LogP) is 3.73. The highest BCUT2D eigenvalue weighted by atomic mass is 79.9. The van der Waals surface area contributed by atoms with E-state index < -0.39 is 7.62 Å². The normalized spacial score (nSPS) is 11.3. The lowest BCUT2D eigenvalue weighted by molar-refractivity contribution is -0.385. The maximum atomic E-state index is 10.6. The first-order valence-electron chi connectivity index (χ1n) is 3.23. The van der Waals surface area contributed by atoms with Gasteiger partial charge < -0.3 is 0 Å². The van der Waals surface area contributed by atoms with Crippen molar-refractivity contribution in [1.82, 2.24) is 0 Å². The molecule has 0 aliphatic heterocycles. The summed E-state index contributed by atoms with van der Waals surface area (Å²) in [5.74, 6) is 0. The maximum absolute atomic E-state index is 10.6. The number of nitro groups is 1. The van der Waals surface area contributed by atoms with Crippen LogP contribution in [0, 0.1) is 10.1 Å². The van der Waals surface area contributed by atoms with Crippen molar-refractivity contribution < 1.29 is 4.92 Å². The van der Waals surface area contributed by atoms with E-state index in [4.69, 9.17) is 11.6 Å². The molecule has 0 aromatic heterocycles. The molecule has 0 spiro atoms. The highest BCUT2D eigenvalue weighted by molar-refractivity contribution is 9.25. The second-order valence-corrected chi connectivity index (χ2v) is 7.20. The summed E-state index contributed by atoms with van der Waals surface area (Å²) in [4.78, 5) is 10.1. The lowest BCUT2D eigenvalue weighted by Gasteiger charge is -2.11. The van der Waals surface area contributed by atoms with Crippen LogP contribution < -0.4 is 0 Å². The van der Waals surface area contributed by atoms with E-state index in [0.29, 0.717) is 5.56 Å². The number of benzene rings is 1. The van der Waals surface area contributed by atoms with Gasteiger partial charge in [-0.15, -0.1) is 0 Å². The number of rotatable bonds is 2. The van der Waals surface area contributed by atoms with E-state index in [0.717, 1.165) is 0 Å². The number of halogens is 3. The van der Waals surface area contributed by atoms with Crippen LogP contribution in [0.2, 0.25) is 0 Å². The Balaban J connectivity index is 3.28. The first kappa shape index (κ1) is 10.9. The Morgan fingerprint density at radius 3 is 2.31 bits per heavy atom. The molecule has 1 rings (SSSR count). The van der Waals surface area contributed by atoms with E-state index in [9.17, 15) is 10.1 Å². The highest BCUT2D eigenvalue weighted by Gasteiger charge is 2.29. The fourth-order valence-electron chi connectivity index (χ4n) is 0.873. The minimum absolute atomic E-state index is 0.0220. The summed E-state index contributed by atoms with van der Waals surface area (Å²) in [5.41, 5.74) is 0.355. The Morgan fingerprint density at radius 1 is 1.38 bits per heavy atom. The van der Waals surface area contributed by atoms with Gasteiger partial charge in [-0.1, -0.05) is 23.7 Å². The van der Waals surface area contributed by atoms with Crippen molar-refractivity contribution in [3.8, 4) is 0 Å². The number of para-hydroxylation sites is 1. The van der Waals surface area contributed by atoms with Crippen molar-refractivity contribution in [3.63, 3.8) is 0 Å². The second-order valence-electron chi connectivity index (χ2n) is 2.27. The molecule has 6 heteroatoms. The summed E-state index contributed by atoms with van der Waals surface area (Å²) < 4.78 is -1.08. The molecule has 0 aliphatic rings. The van der Waals surface area contributed by atoms with Gasteiger partial charge in [0, 0.05) is 6.07 Å². The number of hydrogen-bond acceptors (Lipinski definition) is 2. The van der Waals surface area contributed by atoms with Gasteiger partial charge in [0.2, 0.25) is 0 Å². The summed E-state index contributed by atoms with van der Waals surface area (Å²) in [5, 5.41) is 10.6. The summed E-state index contributed by atoms with van der Waals surface area (Å²) in [6.07, 6.45) is 0. The third-order valence-corrected chi connectivity index (χ3v) is 2.46. The van der Waals surface area contributed by atoms with Crippen molar-refractivity contribution in [2.75, 3.05) is 0 Å². The molecule has 0 aliphatic carbocycles. The van der Waals surface area contributed by atoms with E-state index in [2.05, 4.69) is 31.9 Å². The van der Waals surface area contributed by atoms with Gasteiger partial charge in [0.1, 0.15) is 0 Å². The van der Waals surface area contributed by atoms with Crippen molar-refractivity contribution >= 4 is 49.1 Å². The topological polar surface area (TPSA) is 43.1 Å². The molecule has 13 heavy (non-hydrogen) atoms. The summed E-state index contributed by atoms with van der Waals surface area (Å²) in [7, 11) is 0. The van der Waals surface area contributed by atoms with Crippen LogP contribution in [-0.4, -0.2) is 4.92 Å². The van der Waals surface area contributed by atoms with Crippen molar-refractivity contribution in [2.45, 2.75) is 2.69 Å². The molecule has 0 radical (unpaired) electrons. The molecule has 0 fully saturated rings. The highest BCUT2D eigenvalue weighted by Crippen LogP contribution is 2.45. The van der Waals surface area contributed by atoms with Crippen molar-refractivity contribution in [1.29, 1.82) is 0 Å². The number of nitrogens with zero attached hydrogens (tertiary/aromatic N) is 1. The predicted molar refractivity (Wildman–Crippen MR) is 58.5 cm³/mol. The van der Waals surface area contributed by atoms with Crippen LogP contribution in [0.5, 0.6) is 0 Å². The molecule has 0 unspecified atom stereocenters. The first-order chi connectivity index (χ1) is 5.93. The molecule has 1 aromatic carbocycles. The molecular weight excluding hydrogens is 325 g/mol. The summed E-state index contributed by atoms with van der Waals surface area (Å²) >= 11 is 12.0. The van der Waals surface area contributed by atoms with Crippen LogP contribution in [0.3, 0.4) is 0 Å². The Hall–Kier alpha value is -0.130. The molecule has 0 amide bonds. The number of alkyl halides is 3. The Morgan fingerprint density at radius 2 is 1.92 bits per heavy atom. The van der Waals surface area contributed by atoms with Gasteiger partial charge >= 0.3 is 0 Å². The average Bonchev–Trinajstić information content (AvgIpc) is 2.03. The standard InChI is InChI=1S/C7H4Br2ClNO2/c8-7(9,10)5-3-1-2-4-6(5)11(12)13/h1-4H. The van der Waals surface area contributed by atoms with Crippen molar-refractivity contribution in [3.05, 3.63) is 39.9 Å². The average molecular weight is 329 g/mol. The van der Waals surface area contributed by atoms with Gasteiger partial charge in [0.15, 0.2) is 2.69 Å². The molecule has 0 saturated carbocycles. The third-order valence-electron chi connectivity index (χ3n) is 1.41. The Labute approximate surface area is 96.5 Å². The van der Waals surface area contributed by atoms with Crippen LogP contribution in [0.1, 0.15) is 5.56 Å². The minimum Gasteiger partial charge on any atom is -0.258 e. The molecule has 0 N–H and O–H groups in total. The van der Waals surface area contributed by atoms with Gasteiger partial charge in [-0.25, -0.2) is 0 Å². The van der Waals surface area contributed by atoms with E-state index >= 15 is 0 Å². The van der Waals surface area contributed by atoms with E-state index in [1.54, 1.807) is 18.2 Å². The smallest absolute Gasteiger partial charge is 0.258 e. The largest absolute Gasteiger partial charge is 0.276 e. The van der Waals surface area contributed by atoms with Crippen LogP contribution in [0.25, 0.3) is 0 Å². The molecule has 1 aromatic rings. The van der Waals surface area contributed by atoms with E-state index in [-0.39, 0.29) is 5.69 Å². The molecular formula is C7H4Br2ClNO2. The summed E-state index contributed by atoms with van der Waals surface area (Å²) in [6.45, 7) is 0. The maximum Gasteiger partial charge on any atom is 0.276 e. The van der Waals surface area contributed by atoms with Gasteiger partial charge in [0.05, 0.1) is 10.5 Å². The van der Waals surface area contributed by atoms with Crippen LogP contribution in [0.4, 0.5) is 5.69 Å². The van der Waals surface area contributed by atoms with Gasteiger partial charge in [-0.3, -0.25) is 10.1 Å². The van der Waals surface area contributed by atoms with Crippen LogP contribution >= 0.6 is 43.5 Å². The van der Waals surface area contributed by atoms with E-state index in [1.807, 2.05) is 0 Å². The van der Waals surface area contributed by atoms with Gasteiger partial charge in [-0.05, 0) is 37.9 Å². The molecule has 3 nitrogen and oxygen atoms in total. The molecule has 0 saturated heterocycles. The Bertz CT molecular complexity index is 338. The van der Waals surface area contributed by atoms with Crippen LogP contribution in [-0.2, 0) is 2.69 Å². The zero-order valence-electron chi connectivity index (χ0n) is 6.21. The van der Waals surface area contributed by atoms with Crippen LogP contribution in [0.15, 0.2) is 24.3 Å². The minimum atomic E-state index is -1.08. The third kappa shape index (κ3) is 2.65. The van der Waals surface area contributed by atoms with Gasteiger partial charge in [0.25, 0.3) is 5.69 Å². The number of nitro benzene ring substituents is 1. The number of hydrogen-bond donors (Lipinski definition) is 0.